The molecule has 0 unspecified atom stereocenters. The summed E-state index contributed by atoms with van der Waals surface area (Å²) in [5.74, 6) is -0.0504. The number of amides is 2. The molecule has 2 amide bonds. The first-order chi connectivity index (χ1) is 13.6. The highest BCUT2D eigenvalue weighted by molar-refractivity contribution is 5.88. The Balaban J connectivity index is 1.60. The van der Waals surface area contributed by atoms with E-state index in [1.165, 1.54) is 6.07 Å². The van der Waals surface area contributed by atoms with Crippen LogP contribution in [0, 0.1) is 5.82 Å². The van der Waals surface area contributed by atoms with E-state index in [0.29, 0.717) is 19.5 Å². The minimum atomic E-state index is -0.424. The predicted molar refractivity (Wildman–Crippen MR) is 105 cm³/mol. The van der Waals surface area contributed by atoms with Gasteiger partial charge in [0.05, 0.1) is 0 Å². The predicted octanol–water partition coefficient (Wildman–Crippen LogP) is 2.66. The zero-order valence-corrected chi connectivity index (χ0v) is 16.6. The average molecular weight is 387 g/mol. The highest BCUT2D eigenvalue weighted by Crippen LogP contribution is 2.36. The fraction of sp³-hybridized carbons (Fsp3) is 0.636. The summed E-state index contributed by atoms with van der Waals surface area (Å²) in [4.78, 5) is 29.3. The second kappa shape index (κ2) is 8.19. The number of carbonyl (C=O) groups is 2. The van der Waals surface area contributed by atoms with Gasteiger partial charge in [-0.15, -0.1) is 0 Å². The molecule has 1 aromatic rings. The maximum atomic E-state index is 13.9. The van der Waals surface area contributed by atoms with E-state index >= 15 is 0 Å². The first kappa shape index (κ1) is 19.4. The van der Waals surface area contributed by atoms with Crippen LogP contribution in [0.5, 0.6) is 0 Å². The van der Waals surface area contributed by atoms with E-state index in [9.17, 15) is 14.0 Å². The molecular formula is C22H30FN3O2. The van der Waals surface area contributed by atoms with E-state index in [1.807, 2.05) is 17.9 Å². The van der Waals surface area contributed by atoms with Gasteiger partial charge in [-0.25, -0.2) is 4.39 Å². The van der Waals surface area contributed by atoms with E-state index < -0.39 is 6.04 Å². The summed E-state index contributed by atoms with van der Waals surface area (Å²) in [5.41, 5.74) is 0.947. The SMILES string of the molecule is C[C@@H](C(=O)N1C[C@@H](c2cccc(F)c2)[C@@H]2NCCCCC[C@H]21)N1CCCC1=O. The number of hydrogen-bond acceptors (Lipinski definition) is 3. The zero-order chi connectivity index (χ0) is 19.7. The molecular weight excluding hydrogens is 357 g/mol. The van der Waals surface area contributed by atoms with Crippen LogP contribution in [0.2, 0.25) is 0 Å². The van der Waals surface area contributed by atoms with Gasteiger partial charge in [-0.1, -0.05) is 25.0 Å². The summed E-state index contributed by atoms with van der Waals surface area (Å²) in [7, 11) is 0. The zero-order valence-electron chi connectivity index (χ0n) is 16.6. The molecule has 3 saturated heterocycles. The van der Waals surface area contributed by atoms with E-state index in [2.05, 4.69) is 5.32 Å². The molecule has 0 radical (unpaired) electrons. The van der Waals surface area contributed by atoms with Crippen molar-refractivity contribution >= 4 is 11.8 Å². The molecule has 0 spiro atoms. The lowest BCUT2D eigenvalue weighted by atomic mass is 9.88. The van der Waals surface area contributed by atoms with Crippen molar-refractivity contribution in [2.45, 2.75) is 69.5 Å². The van der Waals surface area contributed by atoms with Crippen molar-refractivity contribution in [3.8, 4) is 0 Å². The second-order valence-electron chi connectivity index (χ2n) is 8.42. The average Bonchev–Trinajstić information content (AvgIpc) is 3.23. The minimum absolute atomic E-state index is 0.0338. The summed E-state index contributed by atoms with van der Waals surface area (Å²) in [6, 6.07) is 6.58. The molecule has 3 heterocycles. The Morgan fingerprint density at radius 2 is 2.11 bits per heavy atom. The van der Waals surface area contributed by atoms with Crippen molar-refractivity contribution in [3.05, 3.63) is 35.6 Å². The molecule has 5 nitrogen and oxygen atoms in total. The largest absolute Gasteiger partial charge is 0.336 e. The van der Waals surface area contributed by atoms with E-state index in [0.717, 1.165) is 44.2 Å². The second-order valence-corrected chi connectivity index (χ2v) is 8.42. The van der Waals surface area contributed by atoms with Gasteiger partial charge in [-0.05, 0) is 50.4 Å². The van der Waals surface area contributed by atoms with Gasteiger partial charge >= 0.3 is 0 Å². The van der Waals surface area contributed by atoms with Gasteiger partial charge in [0.2, 0.25) is 11.8 Å². The van der Waals surface area contributed by atoms with Gasteiger partial charge in [0.25, 0.3) is 0 Å². The molecule has 0 saturated carbocycles. The molecule has 152 valence electrons. The number of nitrogens with zero attached hydrogens (tertiary/aromatic N) is 2. The van der Waals surface area contributed by atoms with Crippen LogP contribution in [0.25, 0.3) is 0 Å². The lowest BCUT2D eigenvalue weighted by Gasteiger charge is -2.34. The number of likely N-dealkylation sites (tertiary alicyclic amines) is 2. The third kappa shape index (κ3) is 3.66. The van der Waals surface area contributed by atoms with Crippen LogP contribution in [0.4, 0.5) is 4.39 Å². The molecule has 0 aliphatic carbocycles. The van der Waals surface area contributed by atoms with Crippen LogP contribution in [0.3, 0.4) is 0 Å². The van der Waals surface area contributed by atoms with E-state index in [1.54, 1.807) is 17.0 Å². The van der Waals surface area contributed by atoms with Crippen LogP contribution in [-0.4, -0.2) is 59.4 Å². The normalized spacial score (nSPS) is 29.4. The number of rotatable bonds is 3. The molecule has 3 fully saturated rings. The Labute approximate surface area is 166 Å². The van der Waals surface area contributed by atoms with Crippen molar-refractivity contribution in [2.24, 2.45) is 0 Å². The fourth-order valence-corrected chi connectivity index (χ4v) is 5.22. The third-order valence-corrected chi connectivity index (χ3v) is 6.69. The number of halogens is 1. The van der Waals surface area contributed by atoms with Crippen LogP contribution >= 0.6 is 0 Å². The number of hydrogen-bond donors (Lipinski definition) is 1. The van der Waals surface area contributed by atoms with Gasteiger partial charge < -0.3 is 15.1 Å². The van der Waals surface area contributed by atoms with Gasteiger partial charge in [0.15, 0.2) is 0 Å². The van der Waals surface area contributed by atoms with Crippen LogP contribution in [0.1, 0.15) is 56.9 Å². The van der Waals surface area contributed by atoms with Gasteiger partial charge in [0, 0.05) is 37.5 Å². The number of nitrogens with one attached hydrogen (secondary N) is 1. The van der Waals surface area contributed by atoms with Crippen LogP contribution in [-0.2, 0) is 9.59 Å². The quantitative estimate of drug-likeness (QED) is 0.868. The Bertz CT molecular complexity index is 740. The molecule has 1 aromatic carbocycles. The minimum Gasteiger partial charge on any atom is -0.336 e. The fourth-order valence-electron chi connectivity index (χ4n) is 5.22. The summed E-state index contributed by atoms with van der Waals surface area (Å²) in [6.07, 6.45) is 5.71. The van der Waals surface area contributed by atoms with Crippen molar-refractivity contribution in [1.82, 2.24) is 15.1 Å². The molecule has 28 heavy (non-hydrogen) atoms. The standard InChI is InChI=1S/C22H30FN3O2/c1-15(25-12-6-10-20(25)27)22(28)26-14-18(16-7-5-8-17(23)13-16)21-19(26)9-3-2-4-11-24-21/h5,7-8,13,15,18-19,21,24H,2-4,6,9-12,14H2,1H3/t15-,18-,19+,21-/m0/s1. The van der Waals surface area contributed by atoms with Gasteiger partial charge in [-0.2, -0.15) is 0 Å². The molecule has 6 heteroatoms. The monoisotopic (exact) mass is 387 g/mol. The summed E-state index contributed by atoms with van der Waals surface area (Å²) < 4.78 is 13.9. The molecule has 0 aromatic heterocycles. The maximum Gasteiger partial charge on any atom is 0.245 e. The molecule has 3 aliphatic rings. The summed E-state index contributed by atoms with van der Waals surface area (Å²) >= 11 is 0. The maximum absolute atomic E-state index is 13.9. The smallest absolute Gasteiger partial charge is 0.245 e. The Kier molecular flexibility index (Phi) is 5.67. The lowest BCUT2D eigenvalue weighted by molar-refractivity contribution is -0.143. The van der Waals surface area contributed by atoms with Crippen molar-refractivity contribution in [1.29, 1.82) is 0 Å². The first-order valence-corrected chi connectivity index (χ1v) is 10.6. The lowest BCUT2D eigenvalue weighted by Crippen LogP contribution is -2.52. The molecule has 4 atom stereocenters. The van der Waals surface area contributed by atoms with E-state index in [-0.39, 0.29) is 35.6 Å². The van der Waals surface area contributed by atoms with Crippen molar-refractivity contribution in [2.75, 3.05) is 19.6 Å². The van der Waals surface area contributed by atoms with Gasteiger partial charge in [-0.3, -0.25) is 9.59 Å². The highest BCUT2D eigenvalue weighted by atomic mass is 19.1. The summed E-state index contributed by atoms with van der Waals surface area (Å²) in [6.45, 7) is 4.03. The Morgan fingerprint density at radius 3 is 2.86 bits per heavy atom. The Morgan fingerprint density at radius 1 is 1.25 bits per heavy atom. The Hall–Kier alpha value is -1.95. The molecule has 0 bridgehead atoms. The highest BCUT2D eigenvalue weighted by Gasteiger charge is 2.46. The first-order valence-electron chi connectivity index (χ1n) is 10.6. The van der Waals surface area contributed by atoms with Crippen LogP contribution in [0.15, 0.2) is 24.3 Å². The molecule has 1 N–H and O–H groups in total. The number of benzene rings is 1. The number of fused-ring (bicyclic) bond motifs is 1. The van der Waals surface area contributed by atoms with E-state index in [4.69, 9.17) is 0 Å². The topological polar surface area (TPSA) is 52.7 Å². The summed E-state index contributed by atoms with van der Waals surface area (Å²) in [5, 5.41) is 3.66. The number of carbonyl (C=O) groups excluding carboxylic acids is 2. The molecule has 4 rings (SSSR count). The van der Waals surface area contributed by atoms with Crippen molar-refractivity contribution in [3.63, 3.8) is 0 Å². The van der Waals surface area contributed by atoms with Crippen LogP contribution < -0.4 is 5.32 Å². The van der Waals surface area contributed by atoms with Gasteiger partial charge in [0.1, 0.15) is 11.9 Å². The third-order valence-electron chi connectivity index (χ3n) is 6.69. The molecule has 3 aliphatic heterocycles. The van der Waals surface area contributed by atoms with Crippen molar-refractivity contribution < 1.29 is 14.0 Å².